The lowest BCUT2D eigenvalue weighted by atomic mass is 10.0. The molecule has 2 saturated heterocycles. The molecule has 0 spiro atoms. The summed E-state index contributed by atoms with van der Waals surface area (Å²) in [6, 6.07) is 4.37. The molecule has 8 heteroatoms. The van der Waals surface area contributed by atoms with Crippen LogP contribution in [0.2, 0.25) is 0 Å². The molecule has 0 saturated carbocycles. The largest absolute Gasteiger partial charge is 0.380 e. The predicted molar refractivity (Wildman–Crippen MR) is 97.2 cm³/mol. The topological polar surface area (TPSA) is 108 Å². The summed E-state index contributed by atoms with van der Waals surface area (Å²) in [7, 11) is 0. The van der Waals surface area contributed by atoms with Gasteiger partial charge in [-0.1, -0.05) is 12.5 Å². The minimum absolute atomic E-state index is 0.114. The van der Waals surface area contributed by atoms with Crippen LogP contribution in [0.3, 0.4) is 0 Å². The SMILES string of the molecule is O=C1CCC(N2C(=O)c3cccc(NC4CCCCNC4)c3C2=O)C(=O)N1. The third-order valence-electron chi connectivity index (χ3n) is 5.37. The number of amides is 4. The lowest BCUT2D eigenvalue weighted by Gasteiger charge is -2.28. The van der Waals surface area contributed by atoms with E-state index in [0.29, 0.717) is 16.8 Å². The Kier molecular flexibility index (Phi) is 4.65. The highest BCUT2D eigenvalue weighted by atomic mass is 16.2. The fourth-order valence-corrected chi connectivity index (χ4v) is 4.00. The van der Waals surface area contributed by atoms with Crippen molar-refractivity contribution in [3.63, 3.8) is 0 Å². The molecule has 4 amide bonds. The summed E-state index contributed by atoms with van der Waals surface area (Å²) in [6.07, 6.45) is 3.46. The Hall–Kier alpha value is -2.74. The molecule has 3 aliphatic heterocycles. The number of rotatable bonds is 3. The molecule has 2 atom stereocenters. The van der Waals surface area contributed by atoms with Crippen molar-refractivity contribution in [1.29, 1.82) is 0 Å². The molecule has 3 heterocycles. The van der Waals surface area contributed by atoms with E-state index in [-0.39, 0.29) is 24.8 Å². The van der Waals surface area contributed by atoms with Crippen LogP contribution in [-0.2, 0) is 9.59 Å². The van der Waals surface area contributed by atoms with E-state index in [9.17, 15) is 19.2 Å². The molecule has 0 radical (unpaired) electrons. The second-order valence-corrected chi connectivity index (χ2v) is 7.22. The van der Waals surface area contributed by atoms with Crippen LogP contribution in [0, 0.1) is 0 Å². The summed E-state index contributed by atoms with van der Waals surface area (Å²) in [5.41, 5.74) is 1.24. The van der Waals surface area contributed by atoms with Crippen molar-refractivity contribution in [3.05, 3.63) is 29.3 Å². The van der Waals surface area contributed by atoms with Crippen molar-refractivity contribution in [3.8, 4) is 0 Å². The first-order chi connectivity index (χ1) is 13.1. The molecule has 27 heavy (non-hydrogen) atoms. The van der Waals surface area contributed by atoms with E-state index in [1.165, 1.54) is 0 Å². The normalized spacial score (nSPS) is 25.9. The molecule has 0 bridgehead atoms. The number of hydrogen-bond acceptors (Lipinski definition) is 6. The third kappa shape index (κ3) is 3.21. The van der Waals surface area contributed by atoms with E-state index in [1.54, 1.807) is 18.2 Å². The summed E-state index contributed by atoms with van der Waals surface area (Å²) < 4.78 is 0. The van der Waals surface area contributed by atoms with E-state index in [2.05, 4.69) is 16.0 Å². The summed E-state index contributed by atoms with van der Waals surface area (Å²) in [6.45, 7) is 1.77. The zero-order valence-corrected chi connectivity index (χ0v) is 14.9. The van der Waals surface area contributed by atoms with E-state index in [4.69, 9.17) is 0 Å². The van der Waals surface area contributed by atoms with Gasteiger partial charge in [-0.15, -0.1) is 0 Å². The summed E-state index contributed by atoms with van der Waals surface area (Å²) >= 11 is 0. The lowest BCUT2D eigenvalue weighted by Crippen LogP contribution is -2.54. The lowest BCUT2D eigenvalue weighted by molar-refractivity contribution is -0.136. The van der Waals surface area contributed by atoms with Crippen LogP contribution in [0.5, 0.6) is 0 Å². The second-order valence-electron chi connectivity index (χ2n) is 7.22. The van der Waals surface area contributed by atoms with Gasteiger partial charge in [0.15, 0.2) is 0 Å². The first-order valence-electron chi connectivity index (χ1n) is 9.38. The number of hydrogen-bond donors (Lipinski definition) is 3. The molecule has 2 fully saturated rings. The Labute approximate surface area is 156 Å². The highest BCUT2D eigenvalue weighted by Crippen LogP contribution is 2.33. The van der Waals surface area contributed by atoms with E-state index in [1.807, 2.05) is 0 Å². The van der Waals surface area contributed by atoms with E-state index < -0.39 is 23.8 Å². The highest BCUT2D eigenvalue weighted by molar-refractivity contribution is 6.25. The van der Waals surface area contributed by atoms with E-state index >= 15 is 0 Å². The number of imide groups is 2. The fourth-order valence-electron chi connectivity index (χ4n) is 4.00. The first kappa shape index (κ1) is 17.7. The maximum absolute atomic E-state index is 13.0. The van der Waals surface area contributed by atoms with Gasteiger partial charge in [-0.3, -0.25) is 29.4 Å². The number of nitrogens with one attached hydrogen (secondary N) is 3. The number of anilines is 1. The number of fused-ring (bicyclic) bond motifs is 1. The van der Waals surface area contributed by atoms with Crippen LogP contribution in [0.4, 0.5) is 5.69 Å². The maximum atomic E-state index is 13.0. The van der Waals surface area contributed by atoms with Gasteiger partial charge in [-0.2, -0.15) is 0 Å². The number of benzene rings is 1. The number of piperidine rings is 1. The Morgan fingerprint density at radius 1 is 1.04 bits per heavy atom. The number of carbonyl (C=O) groups is 4. The van der Waals surface area contributed by atoms with Gasteiger partial charge in [0.1, 0.15) is 6.04 Å². The Morgan fingerprint density at radius 2 is 1.89 bits per heavy atom. The molecule has 8 nitrogen and oxygen atoms in total. The molecule has 1 aromatic rings. The van der Waals surface area contributed by atoms with Gasteiger partial charge < -0.3 is 10.6 Å². The van der Waals surface area contributed by atoms with Gasteiger partial charge in [0.2, 0.25) is 11.8 Å². The molecule has 1 aromatic carbocycles. The first-order valence-corrected chi connectivity index (χ1v) is 9.38. The van der Waals surface area contributed by atoms with Gasteiger partial charge in [0, 0.05) is 24.7 Å². The van der Waals surface area contributed by atoms with Crippen molar-refractivity contribution < 1.29 is 19.2 Å². The standard InChI is InChI=1S/C19H22N4O4/c24-15-8-7-14(17(25)22-15)23-18(26)12-5-3-6-13(16(12)19(23)27)21-11-4-1-2-9-20-10-11/h3,5-6,11,14,20-21H,1-2,4,7-10H2,(H,22,24,25). The molecule has 3 aliphatic rings. The molecule has 4 rings (SSSR count). The monoisotopic (exact) mass is 370 g/mol. The average molecular weight is 370 g/mol. The zero-order chi connectivity index (χ0) is 19.0. The van der Waals surface area contributed by atoms with Crippen LogP contribution in [0.1, 0.15) is 52.8 Å². The van der Waals surface area contributed by atoms with Crippen molar-refractivity contribution in [1.82, 2.24) is 15.5 Å². The zero-order valence-electron chi connectivity index (χ0n) is 14.9. The maximum Gasteiger partial charge on any atom is 0.264 e. The van der Waals surface area contributed by atoms with Crippen molar-refractivity contribution in [2.75, 3.05) is 18.4 Å². The Morgan fingerprint density at radius 3 is 2.70 bits per heavy atom. The minimum Gasteiger partial charge on any atom is -0.380 e. The molecule has 0 aromatic heterocycles. The second kappa shape index (κ2) is 7.11. The molecule has 0 aliphatic carbocycles. The molecular formula is C19H22N4O4. The highest BCUT2D eigenvalue weighted by Gasteiger charge is 2.45. The number of carbonyl (C=O) groups excluding carboxylic acids is 4. The molecule has 3 N–H and O–H groups in total. The summed E-state index contributed by atoms with van der Waals surface area (Å²) in [4.78, 5) is 50.4. The smallest absolute Gasteiger partial charge is 0.264 e. The van der Waals surface area contributed by atoms with Gasteiger partial charge in [0.05, 0.1) is 11.1 Å². The van der Waals surface area contributed by atoms with Gasteiger partial charge in [-0.25, -0.2) is 0 Å². The van der Waals surface area contributed by atoms with Crippen molar-refractivity contribution in [2.24, 2.45) is 0 Å². The minimum atomic E-state index is -0.942. The van der Waals surface area contributed by atoms with Crippen molar-refractivity contribution >= 4 is 29.3 Å². The van der Waals surface area contributed by atoms with Crippen molar-refractivity contribution in [2.45, 2.75) is 44.2 Å². The quantitative estimate of drug-likeness (QED) is 0.674. The van der Waals surface area contributed by atoms with Gasteiger partial charge in [-0.05, 0) is 37.9 Å². The predicted octanol–water partition coefficient (Wildman–Crippen LogP) is 0.642. The summed E-state index contributed by atoms with van der Waals surface area (Å²) in [5, 5.41) is 8.98. The fraction of sp³-hybridized carbons (Fsp3) is 0.474. The van der Waals surface area contributed by atoms with Crippen LogP contribution in [0.25, 0.3) is 0 Å². The van der Waals surface area contributed by atoms with Gasteiger partial charge >= 0.3 is 0 Å². The van der Waals surface area contributed by atoms with Crippen LogP contribution < -0.4 is 16.0 Å². The third-order valence-corrected chi connectivity index (χ3v) is 5.37. The summed E-state index contributed by atoms with van der Waals surface area (Å²) in [5.74, 6) is -1.93. The van der Waals surface area contributed by atoms with Crippen LogP contribution in [-0.4, -0.2) is 53.7 Å². The number of nitrogens with zero attached hydrogens (tertiary/aromatic N) is 1. The van der Waals surface area contributed by atoms with Gasteiger partial charge in [0.25, 0.3) is 11.8 Å². The molecule has 142 valence electrons. The molecule has 2 unspecified atom stereocenters. The van der Waals surface area contributed by atoms with E-state index in [0.717, 1.165) is 37.3 Å². The van der Waals surface area contributed by atoms with Crippen LogP contribution >= 0.6 is 0 Å². The Bertz CT molecular complexity index is 814. The average Bonchev–Trinajstić information content (AvgIpc) is 2.82. The Balaban J connectivity index is 1.61. The molecular weight excluding hydrogens is 348 g/mol. The van der Waals surface area contributed by atoms with Crippen LogP contribution in [0.15, 0.2) is 18.2 Å².